The van der Waals surface area contributed by atoms with E-state index in [1.807, 2.05) is 6.92 Å². The number of carbonyl (C=O) groups excluding carboxylic acids is 2. The molecule has 2 aromatic carbocycles. The van der Waals surface area contributed by atoms with Crippen LogP contribution in [-0.2, 0) is 39.2 Å². The summed E-state index contributed by atoms with van der Waals surface area (Å²) in [5.41, 5.74) is 3.44. The predicted molar refractivity (Wildman–Crippen MR) is 208 cm³/mol. The zero-order valence-electron chi connectivity index (χ0n) is 32.3. The molecule has 1 saturated heterocycles. The van der Waals surface area contributed by atoms with E-state index in [0.29, 0.717) is 61.1 Å². The molecule has 7 rings (SSSR count). The standard InChI is InChI=1S/C40H45FN6O11S/c1-24-29(15-19-45-17-13-26(14-18-45)36-30-12-11-28(41)21-32(30)57-44-36)38(50)46-16-4-5-31(37(46)43-24)56-20-3-2-6-34(48)42-23-25-7-9-27(10-8-25)40(52)58-47-35(49)22-33(39(47)51)59(53,54)55/h7-12,21-22,26,31,49,51H,2-6,13-20,23H2,1H3,(H,42,48)(H,53,54,55). The van der Waals surface area contributed by atoms with Crippen LogP contribution in [-0.4, -0.2) is 85.6 Å². The summed E-state index contributed by atoms with van der Waals surface area (Å²) in [4.78, 5) is 49.7. The van der Waals surface area contributed by atoms with Crippen molar-refractivity contribution in [2.24, 2.45) is 0 Å². The number of nitrogens with zero attached hydrogens (tertiary/aromatic N) is 5. The molecule has 1 atom stereocenters. The van der Waals surface area contributed by atoms with Crippen molar-refractivity contribution in [1.29, 1.82) is 0 Å². The first-order valence-electron chi connectivity index (χ1n) is 19.4. The van der Waals surface area contributed by atoms with Gasteiger partial charge in [-0.25, -0.2) is 14.2 Å². The molecule has 2 aliphatic heterocycles. The number of carbonyl (C=O) groups is 2. The van der Waals surface area contributed by atoms with Gasteiger partial charge in [0.2, 0.25) is 11.8 Å². The molecule has 3 aromatic heterocycles. The van der Waals surface area contributed by atoms with Crippen molar-refractivity contribution >= 4 is 33.0 Å². The first-order chi connectivity index (χ1) is 28.3. The molecule has 1 unspecified atom stereocenters. The van der Waals surface area contributed by atoms with E-state index in [-0.39, 0.29) is 52.6 Å². The third-order valence-electron chi connectivity index (χ3n) is 10.9. The Labute approximate surface area is 338 Å². The molecule has 4 N–H and O–H groups in total. The Hall–Kier alpha value is -5.63. The van der Waals surface area contributed by atoms with Crippen molar-refractivity contribution in [2.75, 3.05) is 26.2 Å². The maximum Gasteiger partial charge on any atom is 0.363 e. The van der Waals surface area contributed by atoms with Gasteiger partial charge in [-0.15, -0.1) is 4.73 Å². The molecule has 19 heteroatoms. The van der Waals surface area contributed by atoms with Gasteiger partial charge >= 0.3 is 5.97 Å². The number of aromatic hydroxyl groups is 2. The van der Waals surface area contributed by atoms with Gasteiger partial charge in [0.15, 0.2) is 10.5 Å². The Balaban J connectivity index is 0.822. The van der Waals surface area contributed by atoms with Gasteiger partial charge in [0, 0.05) is 67.4 Å². The van der Waals surface area contributed by atoms with Crippen LogP contribution in [0.4, 0.5) is 4.39 Å². The summed E-state index contributed by atoms with van der Waals surface area (Å²) in [6.07, 6.45) is 5.09. The zero-order valence-corrected chi connectivity index (χ0v) is 33.1. The number of unbranched alkanes of at least 4 members (excludes halogenated alkanes) is 1. The number of benzene rings is 2. The van der Waals surface area contributed by atoms with Gasteiger partial charge in [0.1, 0.15) is 17.7 Å². The van der Waals surface area contributed by atoms with Crippen molar-refractivity contribution in [1.82, 2.24) is 29.7 Å². The summed E-state index contributed by atoms with van der Waals surface area (Å²) in [6.45, 7) is 5.52. The Morgan fingerprint density at radius 1 is 1.03 bits per heavy atom. The van der Waals surface area contributed by atoms with E-state index in [2.05, 4.69) is 15.4 Å². The highest BCUT2D eigenvalue weighted by Gasteiger charge is 2.29. The summed E-state index contributed by atoms with van der Waals surface area (Å²) < 4.78 is 58.8. The summed E-state index contributed by atoms with van der Waals surface area (Å²) in [6, 6.07) is 10.9. The lowest BCUT2D eigenvalue weighted by Crippen LogP contribution is -2.38. The van der Waals surface area contributed by atoms with Gasteiger partial charge in [-0.05, 0) is 94.8 Å². The van der Waals surface area contributed by atoms with E-state index in [0.717, 1.165) is 62.0 Å². The lowest BCUT2D eigenvalue weighted by atomic mass is 9.91. The highest BCUT2D eigenvalue weighted by atomic mass is 32.2. The van der Waals surface area contributed by atoms with Gasteiger partial charge in [-0.2, -0.15) is 8.42 Å². The Morgan fingerprint density at radius 3 is 2.53 bits per heavy atom. The molecule has 5 heterocycles. The first kappa shape index (κ1) is 41.5. The van der Waals surface area contributed by atoms with Crippen molar-refractivity contribution in [3.05, 3.63) is 98.6 Å². The molecule has 5 aromatic rings. The van der Waals surface area contributed by atoms with Crippen molar-refractivity contribution < 1.29 is 51.3 Å². The van der Waals surface area contributed by atoms with Gasteiger partial charge < -0.3 is 34.5 Å². The second-order valence-electron chi connectivity index (χ2n) is 14.8. The second kappa shape index (κ2) is 17.7. The number of fused-ring (bicyclic) bond motifs is 2. The summed E-state index contributed by atoms with van der Waals surface area (Å²) in [5.74, 6) is -2.79. The van der Waals surface area contributed by atoms with Crippen LogP contribution in [0.5, 0.6) is 11.8 Å². The first-order valence-corrected chi connectivity index (χ1v) is 20.9. The number of amides is 1. The number of hydrogen-bond acceptors (Lipinski definition) is 13. The molecular formula is C40H45FN6O11S. The monoisotopic (exact) mass is 836 g/mol. The molecule has 1 amide bonds. The maximum atomic E-state index is 13.7. The molecule has 0 bridgehead atoms. The number of halogens is 1. The number of nitrogens with one attached hydrogen (secondary N) is 1. The highest BCUT2D eigenvalue weighted by Crippen LogP contribution is 2.34. The molecule has 2 aliphatic rings. The average Bonchev–Trinajstić information content (AvgIpc) is 3.76. The van der Waals surface area contributed by atoms with Crippen LogP contribution < -0.4 is 15.7 Å². The van der Waals surface area contributed by atoms with Crippen LogP contribution in [0, 0.1) is 12.7 Å². The molecule has 59 heavy (non-hydrogen) atoms. The third-order valence-corrected chi connectivity index (χ3v) is 11.7. The van der Waals surface area contributed by atoms with Crippen LogP contribution in [0.25, 0.3) is 11.0 Å². The lowest BCUT2D eigenvalue weighted by molar-refractivity contribution is -0.121. The van der Waals surface area contributed by atoms with E-state index in [4.69, 9.17) is 23.6 Å². The lowest BCUT2D eigenvalue weighted by Gasteiger charge is -2.31. The molecule has 0 saturated carbocycles. The number of hydrogen-bond donors (Lipinski definition) is 4. The van der Waals surface area contributed by atoms with Gasteiger partial charge in [0.25, 0.3) is 21.6 Å². The summed E-state index contributed by atoms with van der Waals surface area (Å²) in [5, 5.41) is 27.7. The van der Waals surface area contributed by atoms with Crippen LogP contribution in [0.1, 0.15) is 95.7 Å². The van der Waals surface area contributed by atoms with Crippen LogP contribution in [0.15, 0.2) is 62.7 Å². The number of likely N-dealkylation sites (tertiary alicyclic amines) is 1. The van der Waals surface area contributed by atoms with Gasteiger partial charge in [-0.1, -0.05) is 17.3 Å². The van der Waals surface area contributed by atoms with Gasteiger partial charge in [0.05, 0.1) is 11.3 Å². The molecular weight excluding hydrogens is 792 g/mol. The smallest absolute Gasteiger partial charge is 0.363 e. The summed E-state index contributed by atoms with van der Waals surface area (Å²) in [7, 11) is -4.88. The number of rotatable bonds is 15. The third kappa shape index (κ3) is 9.48. The Bertz CT molecular complexity index is 2510. The second-order valence-corrected chi connectivity index (χ2v) is 16.2. The fourth-order valence-corrected chi connectivity index (χ4v) is 8.21. The molecule has 1 fully saturated rings. The van der Waals surface area contributed by atoms with Crippen LogP contribution in [0.2, 0.25) is 0 Å². The largest absolute Gasteiger partial charge is 0.492 e. The SMILES string of the molecule is Cc1nc2n(c(=O)c1CCN1CCC(c3noc4cc(F)ccc34)CC1)CCCC2OCCCCC(=O)NCc1ccc(C(=O)On2c(O)cc(S(=O)(=O)O)c2O)cc1. The van der Waals surface area contributed by atoms with Crippen LogP contribution in [0.3, 0.4) is 0 Å². The number of aryl methyl sites for hydroxylation is 1. The van der Waals surface area contributed by atoms with E-state index in [1.165, 1.54) is 24.3 Å². The maximum absolute atomic E-state index is 13.7. The van der Waals surface area contributed by atoms with Gasteiger partial charge in [-0.3, -0.25) is 18.7 Å². The number of piperidine rings is 1. The zero-order chi connectivity index (χ0) is 41.8. The number of aromatic nitrogens is 4. The predicted octanol–water partition coefficient (Wildman–Crippen LogP) is 4.32. The fourth-order valence-electron chi connectivity index (χ4n) is 7.64. The van der Waals surface area contributed by atoms with Crippen molar-refractivity contribution in [2.45, 2.75) is 88.3 Å². The minimum absolute atomic E-state index is 0.000520. The summed E-state index contributed by atoms with van der Waals surface area (Å²) >= 11 is 0. The molecule has 0 radical (unpaired) electrons. The quantitative estimate of drug-likeness (QED) is 0.0851. The highest BCUT2D eigenvalue weighted by molar-refractivity contribution is 7.86. The minimum atomic E-state index is -4.88. The minimum Gasteiger partial charge on any atom is -0.492 e. The van der Waals surface area contributed by atoms with Crippen molar-refractivity contribution in [3.63, 3.8) is 0 Å². The van der Waals surface area contributed by atoms with Crippen LogP contribution >= 0.6 is 0 Å². The van der Waals surface area contributed by atoms with E-state index in [1.54, 1.807) is 22.8 Å². The normalized spacial score (nSPS) is 16.3. The van der Waals surface area contributed by atoms with Crippen molar-refractivity contribution in [3.8, 4) is 11.8 Å². The molecule has 314 valence electrons. The Kier molecular flexibility index (Phi) is 12.5. The van der Waals surface area contributed by atoms with E-state index < -0.39 is 32.7 Å². The average molecular weight is 837 g/mol. The van der Waals surface area contributed by atoms with E-state index >= 15 is 0 Å². The van der Waals surface area contributed by atoms with E-state index in [9.17, 15) is 37.4 Å². The molecule has 0 spiro atoms. The fraction of sp³-hybridized carbons (Fsp3) is 0.425. The number of ether oxygens (including phenoxy) is 1. The Morgan fingerprint density at radius 2 is 1.80 bits per heavy atom. The molecule has 17 nitrogen and oxygen atoms in total. The topological polar surface area (TPSA) is 229 Å². The molecule has 0 aliphatic carbocycles.